The molecule has 0 unspecified atom stereocenters. The smallest absolute Gasteiger partial charge is 0.308 e. The average molecular weight is 385 g/mol. The molecule has 0 N–H and O–H groups in total. The highest BCUT2D eigenvalue weighted by Gasteiger charge is 2.46. The van der Waals surface area contributed by atoms with Crippen LogP contribution in [-0.4, -0.2) is 52.7 Å². The van der Waals surface area contributed by atoms with Crippen LogP contribution in [0.2, 0.25) is 0 Å². The van der Waals surface area contributed by atoms with Crippen LogP contribution in [0, 0.1) is 5.92 Å². The minimum Gasteiger partial charge on any atom is -0.308 e. The van der Waals surface area contributed by atoms with Crippen LogP contribution >= 0.6 is 0 Å². The Morgan fingerprint density at radius 1 is 1.00 bits per heavy atom. The van der Waals surface area contributed by atoms with Gasteiger partial charge >= 0.3 is 17.8 Å². The fraction of sp³-hybridized carbons (Fsp3) is 0.524. The van der Waals surface area contributed by atoms with Crippen molar-refractivity contribution in [3.8, 4) is 0 Å². The number of carbonyl (C=O) groups is 4. The molecule has 28 heavy (non-hydrogen) atoms. The van der Waals surface area contributed by atoms with E-state index in [0.717, 1.165) is 47.6 Å². The Morgan fingerprint density at radius 3 is 2.21 bits per heavy atom. The summed E-state index contributed by atoms with van der Waals surface area (Å²) in [6.07, 6.45) is 5.02. The molecule has 3 rings (SSSR count). The van der Waals surface area contributed by atoms with Crippen LogP contribution < -0.4 is 4.90 Å². The highest BCUT2D eigenvalue weighted by molar-refractivity contribution is 6.45. The van der Waals surface area contributed by atoms with Crippen molar-refractivity contribution < 1.29 is 19.2 Å². The van der Waals surface area contributed by atoms with E-state index in [1.165, 1.54) is 0 Å². The van der Waals surface area contributed by atoms with Crippen molar-refractivity contribution in [2.24, 2.45) is 5.92 Å². The molecule has 0 spiro atoms. The molecule has 1 saturated heterocycles. The van der Waals surface area contributed by atoms with Gasteiger partial charge in [0.05, 0.1) is 0 Å². The molecule has 0 atom stereocenters. The molecule has 1 aliphatic carbocycles. The number of anilines is 1. The van der Waals surface area contributed by atoms with E-state index in [9.17, 15) is 19.2 Å². The Bertz CT molecular complexity index is 756. The molecule has 5 amide bonds. The van der Waals surface area contributed by atoms with Crippen LogP contribution in [0.25, 0.3) is 0 Å². The summed E-state index contributed by atoms with van der Waals surface area (Å²) < 4.78 is 0. The van der Waals surface area contributed by atoms with Crippen LogP contribution in [-0.2, 0) is 14.4 Å². The molecule has 2 aliphatic rings. The van der Waals surface area contributed by atoms with Crippen molar-refractivity contribution in [3.05, 3.63) is 30.3 Å². The quantitative estimate of drug-likeness (QED) is 0.557. The Balaban J connectivity index is 1.81. The number of nitrogens with zero attached hydrogens (tertiary/aromatic N) is 3. The van der Waals surface area contributed by atoms with Crippen LogP contribution in [0.5, 0.6) is 0 Å². The van der Waals surface area contributed by atoms with Gasteiger partial charge < -0.3 is 4.90 Å². The van der Waals surface area contributed by atoms with E-state index in [2.05, 4.69) is 0 Å². The maximum atomic E-state index is 13.2. The lowest BCUT2D eigenvalue weighted by Gasteiger charge is -2.35. The zero-order chi connectivity index (χ0) is 20.3. The second kappa shape index (κ2) is 8.54. The van der Waals surface area contributed by atoms with Gasteiger partial charge in [0, 0.05) is 18.3 Å². The molecule has 1 aromatic rings. The Kier molecular flexibility index (Phi) is 6.11. The zero-order valence-electron chi connectivity index (χ0n) is 16.5. The monoisotopic (exact) mass is 385 g/mol. The second-order valence-electron chi connectivity index (χ2n) is 7.87. The molecular weight excluding hydrogens is 358 g/mol. The van der Waals surface area contributed by atoms with E-state index in [1.54, 1.807) is 4.90 Å². The molecule has 7 heteroatoms. The number of urea groups is 1. The predicted octanol–water partition coefficient (Wildman–Crippen LogP) is 2.80. The van der Waals surface area contributed by atoms with Gasteiger partial charge in [-0.25, -0.2) is 9.69 Å². The molecule has 1 aliphatic heterocycles. The maximum absolute atomic E-state index is 13.2. The van der Waals surface area contributed by atoms with Crippen LogP contribution in [0.15, 0.2) is 30.3 Å². The summed E-state index contributed by atoms with van der Waals surface area (Å²) in [5, 5.41) is 0. The number of hydrogen-bond acceptors (Lipinski definition) is 4. The number of rotatable bonds is 6. The Labute approximate surface area is 165 Å². The Morgan fingerprint density at radius 2 is 1.61 bits per heavy atom. The minimum atomic E-state index is -0.921. The Hall–Kier alpha value is -2.70. The third kappa shape index (κ3) is 4.08. The molecule has 1 heterocycles. The normalized spacial score (nSPS) is 18.3. The summed E-state index contributed by atoms with van der Waals surface area (Å²) in [5.74, 6) is -2.07. The summed E-state index contributed by atoms with van der Waals surface area (Å²) in [7, 11) is 0. The van der Waals surface area contributed by atoms with Gasteiger partial charge in [-0.3, -0.25) is 19.3 Å². The van der Waals surface area contributed by atoms with Crippen molar-refractivity contribution in [1.82, 2.24) is 9.80 Å². The van der Waals surface area contributed by atoms with Gasteiger partial charge in [0.25, 0.3) is 0 Å². The molecule has 7 nitrogen and oxygen atoms in total. The third-order valence-electron chi connectivity index (χ3n) is 5.22. The second-order valence-corrected chi connectivity index (χ2v) is 7.87. The highest BCUT2D eigenvalue weighted by atomic mass is 16.2. The summed E-state index contributed by atoms with van der Waals surface area (Å²) in [4.78, 5) is 53.7. The van der Waals surface area contributed by atoms with Crippen molar-refractivity contribution in [1.29, 1.82) is 0 Å². The topological polar surface area (TPSA) is 78.0 Å². The number of para-hydroxylation sites is 1. The van der Waals surface area contributed by atoms with E-state index in [1.807, 2.05) is 44.2 Å². The van der Waals surface area contributed by atoms with E-state index in [4.69, 9.17) is 0 Å². The van der Waals surface area contributed by atoms with E-state index >= 15 is 0 Å². The van der Waals surface area contributed by atoms with Gasteiger partial charge in [-0.05, 0) is 30.9 Å². The SMILES string of the molecule is CC(C)CN1C(=O)C(=O)N(CC(=O)N(c2ccccc2)C2CCCCC2)C1=O. The van der Waals surface area contributed by atoms with Gasteiger partial charge in [0.15, 0.2) is 0 Å². The largest absolute Gasteiger partial charge is 0.334 e. The summed E-state index contributed by atoms with van der Waals surface area (Å²) >= 11 is 0. The van der Waals surface area contributed by atoms with Gasteiger partial charge in [-0.2, -0.15) is 0 Å². The molecule has 2 fully saturated rings. The molecule has 150 valence electrons. The van der Waals surface area contributed by atoms with Crippen LogP contribution in [0.4, 0.5) is 10.5 Å². The van der Waals surface area contributed by atoms with Gasteiger partial charge in [0.2, 0.25) is 5.91 Å². The van der Waals surface area contributed by atoms with E-state index < -0.39 is 24.4 Å². The average Bonchev–Trinajstić information content (AvgIpc) is 2.88. The molecular formula is C21H27N3O4. The van der Waals surface area contributed by atoms with E-state index in [-0.39, 0.29) is 24.4 Å². The van der Waals surface area contributed by atoms with Gasteiger partial charge in [-0.15, -0.1) is 0 Å². The lowest BCUT2D eigenvalue weighted by atomic mass is 9.93. The first-order valence-electron chi connectivity index (χ1n) is 9.94. The van der Waals surface area contributed by atoms with Gasteiger partial charge in [-0.1, -0.05) is 51.3 Å². The third-order valence-corrected chi connectivity index (χ3v) is 5.22. The number of hydrogen-bond donors (Lipinski definition) is 0. The number of imide groups is 2. The summed E-state index contributed by atoms with van der Waals surface area (Å²) in [5.41, 5.74) is 0.754. The zero-order valence-corrected chi connectivity index (χ0v) is 16.5. The molecule has 0 bridgehead atoms. The minimum absolute atomic E-state index is 0.0407. The van der Waals surface area contributed by atoms with E-state index in [0.29, 0.717) is 0 Å². The summed E-state index contributed by atoms with van der Waals surface area (Å²) in [6.45, 7) is 3.47. The first kappa shape index (κ1) is 20.0. The van der Waals surface area contributed by atoms with Crippen molar-refractivity contribution in [3.63, 3.8) is 0 Å². The van der Waals surface area contributed by atoms with Crippen molar-refractivity contribution >= 4 is 29.4 Å². The molecule has 0 radical (unpaired) electrons. The van der Waals surface area contributed by atoms with Crippen LogP contribution in [0.1, 0.15) is 46.0 Å². The van der Waals surface area contributed by atoms with Crippen molar-refractivity contribution in [2.45, 2.75) is 52.0 Å². The summed E-state index contributed by atoms with van der Waals surface area (Å²) in [6, 6.07) is 8.65. The fourth-order valence-corrected chi connectivity index (χ4v) is 3.91. The maximum Gasteiger partial charge on any atom is 0.334 e. The van der Waals surface area contributed by atoms with Crippen LogP contribution in [0.3, 0.4) is 0 Å². The molecule has 1 aromatic carbocycles. The first-order valence-corrected chi connectivity index (χ1v) is 9.94. The lowest BCUT2D eigenvalue weighted by molar-refractivity contribution is -0.144. The highest BCUT2D eigenvalue weighted by Crippen LogP contribution is 2.28. The molecule has 0 aromatic heterocycles. The number of amides is 5. The first-order chi connectivity index (χ1) is 13.4. The lowest BCUT2D eigenvalue weighted by Crippen LogP contribution is -2.48. The standard InChI is InChI=1S/C21H27N3O4/c1-15(2)13-22-19(26)20(27)23(21(22)28)14-18(25)24(16-9-5-3-6-10-16)17-11-7-4-8-12-17/h3,5-6,9-10,15,17H,4,7-8,11-14H2,1-2H3. The predicted molar refractivity (Wildman–Crippen MR) is 104 cm³/mol. The van der Waals surface area contributed by atoms with Gasteiger partial charge in [0.1, 0.15) is 6.54 Å². The van der Waals surface area contributed by atoms with Crippen molar-refractivity contribution in [2.75, 3.05) is 18.0 Å². The number of carbonyl (C=O) groups excluding carboxylic acids is 4. The molecule has 1 saturated carbocycles. The fourth-order valence-electron chi connectivity index (χ4n) is 3.91. The number of benzene rings is 1.